The molecule has 0 aromatic carbocycles. The lowest BCUT2D eigenvalue weighted by atomic mass is 9.90. The van der Waals surface area contributed by atoms with E-state index in [9.17, 15) is 9.90 Å². The molecule has 1 aromatic rings. The summed E-state index contributed by atoms with van der Waals surface area (Å²) in [7, 11) is 0. The number of hydrogen-bond donors (Lipinski definition) is 1. The minimum Gasteiger partial charge on any atom is -0.481 e. The second kappa shape index (κ2) is 5.15. The Bertz CT molecular complexity index is 467. The Morgan fingerprint density at radius 3 is 2.37 bits per heavy atom. The zero-order valence-electron chi connectivity index (χ0n) is 11.8. The molecule has 0 amide bonds. The Morgan fingerprint density at radius 2 is 1.95 bits per heavy atom. The van der Waals surface area contributed by atoms with Crippen molar-refractivity contribution in [3.05, 3.63) is 17.5 Å². The first-order valence-corrected chi connectivity index (χ1v) is 6.83. The number of hydrogen-bond acceptors (Lipinski definition) is 4. The van der Waals surface area contributed by atoms with Gasteiger partial charge < -0.3 is 10.0 Å². The highest BCUT2D eigenvalue weighted by atomic mass is 16.4. The smallest absolute Gasteiger partial charge is 0.311 e. The van der Waals surface area contributed by atoms with Crippen LogP contribution in [0.3, 0.4) is 0 Å². The van der Waals surface area contributed by atoms with Gasteiger partial charge in [0.25, 0.3) is 0 Å². The summed E-state index contributed by atoms with van der Waals surface area (Å²) in [6.07, 6.45) is 2.38. The van der Waals surface area contributed by atoms with Gasteiger partial charge in [0.1, 0.15) is 0 Å². The number of carboxylic acid groups (broad SMARTS) is 1. The second-order valence-electron chi connectivity index (χ2n) is 5.40. The number of nitrogens with zero attached hydrogens (tertiary/aromatic N) is 3. The first kappa shape index (κ1) is 13.8. The van der Waals surface area contributed by atoms with Gasteiger partial charge in [-0.3, -0.25) is 4.79 Å². The molecular formula is C14H21N3O2. The highest BCUT2D eigenvalue weighted by Crippen LogP contribution is 2.32. The van der Waals surface area contributed by atoms with Crippen LogP contribution >= 0.6 is 0 Å². The largest absolute Gasteiger partial charge is 0.481 e. The molecule has 0 bridgehead atoms. The van der Waals surface area contributed by atoms with E-state index < -0.39 is 11.4 Å². The fourth-order valence-corrected chi connectivity index (χ4v) is 2.35. The SMILES string of the molecule is CCc1cc(CC)nc(N2CCC(C)(C(=O)O)C2)n1. The van der Waals surface area contributed by atoms with E-state index in [2.05, 4.69) is 23.8 Å². The summed E-state index contributed by atoms with van der Waals surface area (Å²) in [5.41, 5.74) is 1.36. The Balaban J connectivity index is 2.26. The van der Waals surface area contributed by atoms with E-state index in [0.717, 1.165) is 24.2 Å². The number of carbonyl (C=O) groups is 1. The monoisotopic (exact) mass is 263 g/mol. The summed E-state index contributed by atoms with van der Waals surface area (Å²) in [6.45, 7) is 7.12. The van der Waals surface area contributed by atoms with Crippen LogP contribution in [0.25, 0.3) is 0 Å². The molecule has 0 spiro atoms. The molecule has 0 radical (unpaired) electrons. The highest BCUT2D eigenvalue weighted by molar-refractivity contribution is 5.76. The Morgan fingerprint density at radius 1 is 1.37 bits per heavy atom. The van der Waals surface area contributed by atoms with Crippen LogP contribution in [0.4, 0.5) is 5.95 Å². The number of aryl methyl sites for hydroxylation is 2. The summed E-state index contributed by atoms with van der Waals surface area (Å²) in [5.74, 6) is -0.0569. The van der Waals surface area contributed by atoms with Crippen molar-refractivity contribution >= 4 is 11.9 Å². The van der Waals surface area contributed by atoms with Crippen LogP contribution in [-0.2, 0) is 17.6 Å². The van der Waals surface area contributed by atoms with Crippen molar-refractivity contribution in [3.63, 3.8) is 0 Å². The maximum atomic E-state index is 11.3. The average Bonchev–Trinajstić information content (AvgIpc) is 2.82. The van der Waals surface area contributed by atoms with Crippen molar-refractivity contribution in [2.45, 2.75) is 40.0 Å². The zero-order valence-corrected chi connectivity index (χ0v) is 11.8. The van der Waals surface area contributed by atoms with Gasteiger partial charge in [0.05, 0.1) is 5.41 Å². The molecule has 104 valence electrons. The molecule has 2 heterocycles. The van der Waals surface area contributed by atoms with Crippen molar-refractivity contribution in [1.29, 1.82) is 0 Å². The predicted molar refractivity (Wildman–Crippen MR) is 73.4 cm³/mol. The number of anilines is 1. The Labute approximate surface area is 113 Å². The van der Waals surface area contributed by atoms with Crippen molar-refractivity contribution in [2.75, 3.05) is 18.0 Å². The maximum absolute atomic E-state index is 11.3. The quantitative estimate of drug-likeness (QED) is 0.898. The van der Waals surface area contributed by atoms with Crippen LogP contribution < -0.4 is 4.90 Å². The van der Waals surface area contributed by atoms with E-state index >= 15 is 0 Å². The fourth-order valence-electron chi connectivity index (χ4n) is 2.35. The van der Waals surface area contributed by atoms with Crippen LogP contribution in [0, 0.1) is 5.41 Å². The van der Waals surface area contributed by atoms with Gasteiger partial charge in [0.15, 0.2) is 0 Å². The van der Waals surface area contributed by atoms with E-state index in [-0.39, 0.29) is 0 Å². The van der Waals surface area contributed by atoms with Gasteiger partial charge in [0, 0.05) is 24.5 Å². The topological polar surface area (TPSA) is 66.3 Å². The van der Waals surface area contributed by atoms with Crippen molar-refractivity contribution in [2.24, 2.45) is 5.41 Å². The van der Waals surface area contributed by atoms with Gasteiger partial charge in [-0.05, 0) is 32.3 Å². The molecule has 19 heavy (non-hydrogen) atoms. The number of carboxylic acids is 1. The molecule has 0 saturated carbocycles. The second-order valence-corrected chi connectivity index (χ2v) is 5.40. The van der Waals surface area contributed by atoms with Gasteiger partial charge in [0.2, 0.25) is 5.95 Å². The van der Waals surface area contributed by atoms with Gasteiger partial charge in [-0.15, -0.1) is 0 Å². The number of aromatic nitrogens is 2. The zero-order chi connectivity index (χ0) is 14.0. The minimum atomic E-state index is -0.739. The molecule has 5 heteroatoms. The van der Waals surface area contributed by atoms with E-state index in [4.69, 9.17) is 0 Å². The molecule has 1 fully saturated rings. The molecule has 1 atom stereocenters. The molecule has 5 nitrogen and oxygen atoms in total. The third-order valence-electron chi connectivity index (χ3n) is 3.82. The first-order chi connectivity index (χ1) is 8.98. The summed E-state index contributed by atoms with van der Waals surface area (Å²) in [4.78, 5) is 22.3. The van der Waals surface area contributed by atoms with Crippen LogP contribution in [0.2, 0.25) is 0 Å². The van der Waals surface area contributed by atoms with Crippen LogP contribution in [0.5, 0.6) is 0 Å². The van der Waals surface area contributed by atoms with Crippen molar-refractivity contribution < 1.29 is 9.90 Å². The molecule has 2 rings (SSSR count). The van der Waals surface area contributed by atoms with E-state index in [1.165, 1.54) is 0 Å². The van der Waals surface area contributed by atoms with Gasteiger partial charge >= 0.3 is 5.97 Å². The van der Waals surface area contributed by atoms with Crippen LogP contribution in [0.15, 0.2) is 6.07 Å². The van der Waals surface area contributed by atoms with Crippen molar-refractivity contribution in [3.8, 4) is 0 Å². The lowest BCUT2D eigenvalue weighted by molar-refractivity contribution is -0.146. The minimum absolute atomic E-state index is 0.485. The van der Waals surface area contributed by atoms with Gasteiger partial charge in [-0.1, -0.05) is 13.8 Å². The normalized spacial score (nSPS) is 22.8. The molecule has 1 aliphatic heterocycles. The predicted octanol–water partition coefficient (Wildman–Crippen LogP) is 1.90. The lowest BCUT2D eigenvalue weighted by Gasteiger charge is -2.20. The third-order valence-corrected chi connectivity index (χ3v) is 3.82. The van der Waals surface area contributed by atoms with E-state index in [1.807, 2.05) is 11.0 Å². The molecule has 1 unspecified atom stereocenters. The van der Waals surface area contributed by atoms with Crippen LogP contribution in [-0.4, -0.2) is 34.1 Å². The molecule has 1 saturated heterocycles. The third kappa shape index (κ3) is 2.69. The molecule has 1 aromatic heterocycles. The molecule has 1 N–H and O–H groups in total. The summed E-state index contributed by atoms with van der Waals surface area (Å²) >= 11 is 0. The van der Waals surface area contributed by atoms with Gasteiger partial charge in [-0.25, -0.2) is 9.97 Å². The van der Waals surface area contributed by atoms with Crippen LogP contribution in [0.1, 0.15) is 38.6 Å². The molecule has 1 aliphatic rings. The highest BCUT2D eigenvalue weighted by Gasteiger charge is 2.41. The molecule has 0 aliphatic carbocycles. The molecular weight excluding hydrogens is 242 g/mol. The first-order valence-electron chi connectivity index (χ1n) is 6.83. The maximum Gasteiger partial charge on any atom is 0.311 e. The number of rotatable bonds is 4. The fraction of sp³-hybridized carbons (Fsp3) is 0.643. The Hall–Kier alpha value is -1.65. The van der Waals surface area contributed by atoms with E-state index in [1.54, 1.807) is 6.92 Å². The number of aliphatic carboxylic acids is 1. The summed E-state index contributed by atoms with van der Waals surface area (Å²) < 4.78 is 0. The Kier molecular flexibility index (Phi) is 3.73. The van der Waals surface area contributed by atoms with Gasteiger partial charge in [-0.2, -0.15) is 0 Å². The summed E-state index contributed by atoms with van der Waals surface area (Å²) in [6, 6.07) is 2.02. The average molecular weight is 263 g/mol. The van der Waals surface area contributed by atoms with Crippen molar-refractivity contribution in [1.82, 2.24) is 9.97 Å². The summed E-state index contributed by atoms with van der Waals surface area (Å²) in [5, 5.41) is 9.27. The van der Waals surface area contributed by atoms with E-state index in [0.29, 0.717) is 25.5 Å². The lowest BCUT2D eigenvalue weighted by Crippen LogP contribution is -2.32. The standard InChI is InChI=1S/C14H21N3O2/c1-4-10-8-11(5-2)16-13(15-10)17-7-6-14(3,9-17)12(18)19/h8H,4-7,9H2,1-3H3,(H,18,19).